The van der Waals surface area contributed by atoms with Gasteiger partial charge in [0.1, 0.15) is 5.75 Å². The van der Waals surface area contributed by atoms with E-state index in [2.05, 4.69) is 62.2 Å². The molecule has 4 rings (SSSR count). The lowest BCUT2D eigenvalue weighted by Crippen LogP contribution is -2.29. The van der Waals surface area contributed by atoms with Gasteiger partial charge in [0, 0.05) is 25.3 Å². The fourth-order valence-corrected chi connectivity index (χ4v) is 7.15. The van der Waals surface area contributed by atoms with Crippen molar-refractivity contribution >= 4 is 91.4 Å². The van der Waals surface area contributed by atoms with Crippen LogP contribution in [-0.2, 0) is 9.59 Å². The van der Waals surface area contributed by atoms with E-state index < -0.39 is 12.6 Å². The standard InChI is InChI=1S/C25H25I2N3O4S/c1-2-30-24(33)21(14-16-12-19(26)23(20(27)13-16)34-15-22(31)32)35-25(30)28-17-6-8-18(9-7-17)29-10-4-3-5-11-29/h6-9,12-14H,2-5,10-11,15H2,1H3,(H,31,32)/b21-14-,28-25?. The molecule has 2 aromatic rings. The number of nitrogens with zero attached hydrogens (tertiary/aromatic N) is 3. The Hall–Kier alpha value is -1.80. The zero-order valence-electron chi connectivity index (χ0n) is 19.2. The molecule has 2 aliphatic heterocycles. The molecule has 0 radical (unpaired) electrons. The molecule has 0 unspecified atom stereocenters. The number of rotatable bonds is 7. The first-order valence-corrected chi connectivity index (χ1v) is 14.3. The summed E-state index contributed by atoms with van der Waals surface area (Å²) in [4.78, 5) is 33.4. The third-order valence-electron chi connectivity index (χ3n) is 5.66. The van der Waals surface area contributed by atoms with Crippen LogP contribution >= 0.6 is 56.9 Å². The average Bonchev–Trinajstić information content (AvgIpc) is 3.12. The first-order valence-electron chi connectivity index (χ1n) is 11.3. The lowest BCUT2D eigenvalue weighted by Gasteiger charge is -2.28. The van der Waals surface area contributed by atoms with Gasteiger partial charge in [0.25, 0.3) is 5.91 Å². The molecule has 2 aromatic carbocycles. The molecule has 2 aliphatic rings. The molecule has 184 valence electrons. The Bertz CT molecular complexity index is 1150. The summed E-state index contributed by atoms with van der Waals surface area (Å²) in [6, 6.07) is 12.0. The van der Waals surface area contributed by atoms with Crippen molar-refractivity contribution in [2.75, 3.05) is 31.1 Å². The number of aliphatic carboxylic acids is 1. The fraction of sp³-hybridized carbons (Fsp3) is 0.320. The number of aliphatic imine (C=N–C) groups is 1. The summed E-state index contributed by atoms with van der Waals surface area (Å²) in [6.45, 7) is 4.27. The van der Waals surface area contributed by atoms with Crippen LogP contribution in [0.3, 0.4) is 0 Å². The molecule has 0 spiro atoms. The van der Waals surface area contributed by atoms with Crippen molar-refractivity contribution in [3.63, 3.8) is 0 Å². The summed E-state index contributed by atoms with van der Waals surface area (Å²) in [5, 5.41) is 9.55. The number of likely N-dealkylation sites (N-methyl/N-ethyl adjacent to an activating group) is 1. The van der Waals surface area contributed by atoms with Gasteiger partial charge in [-0.05, 0) is 131 Å². The highest BCUT2D eigenvalue weighted by atomic mass is 127. The zero-order chi connectivity index (χ0) is 24.9. The topological polar surface area (TPSA) is 82.4 Å². The Morgan fingerprint density at radius 3 is 2.40 bits per heavy atom. The van der Waals surface area contributed by atoms with Gasteiger partial charge < -0.3 is 14.7 Å². The summed E-state index contributed by atoms with van der Waals surface area (Å²) in [6.07, 6.45) is 5.62. The van der Waals surface area contributed by atoms with E-state index in [-0.39, 0.29) is 5.91 Å². The maximum atomic E-state index is 13.1. The number of carboxylic acids is 1. The number of benzene rings is 2. The predicted molar refractivity (Wildman–Crippen MR) is 158 cm³/mol. The molecule has 10 heteroatoms. The number of hydrogen-bond acceptors (Lipinski definition) is 6. The molecule has 0 atom stereocenters. The van der Waals surface area contributed by atoms with Crippen LogP contribution in [-0.4, -0.2) is 53.3 Å². The van der Waals surface area contributed by atoms with Gasteiger partial charge in [0.05, 0.1) is 17.7 Å². The zero-order valence-corrected chi connectivity index (χ0v) is 24.3. The van der Waals surface area contributed by atoms with Crippen molar-refractivity contribution in [2.24, 2.45) is 4.99 Å². The summed E-state index contributed by atoms with van der Waals surface area (Å²) < 4.78 is 6.97. The van der Waals surface area contributed by atoms with Crippen LogP contribution in [0, 0.1) is 7.14 Å². The monoisotopic (exact) mass is 717 g/mol. The molecule has 35 heavy (non-hydrogen) atoms. The van der Waals surface area contributed by atoms with Crippen LogP contribution in [0.15, 0.2) is 46.3 Å². The molecule has 0 aliphatic carbocycles. The lowest BCUT2D eigenvalue weighted by atomic mass is 10.1. The molecule has 2 heterocycles. The lowest BCUT2D eigenvalue weighted by molar-refractivity contribution is -0.139. The van der Waals surface area contributed by atoms with Gasteiger partial charge in [0.15, 0.2) is 11.8 Å². The molecule has 7 nitrogen and oxygen atoms in total. The number of carbonyl (C=O) groups excluding carboxylic acids is 1. The number of carboxylic acid groups (broad SMARTS) is 1. The summed E-state index contributed by atoms with van der Waals surface area (Å²) in [5.41, 5.74) is 2.89. The first-order chi connectivity index (χ1) is 16.9. The number of anilines is 1. The van der Waals surface area contributed by atoms with E-state index in [0.29, 0.717) is 22.4 Å². The van der Waals surface area contributed by atoms with Gasteiger partial charge in [-0.2, -0.15) is 0 Å². The quantitative estimate of drug-likeness (QED) is 0.281. The molecule has 0 saturated carbocycles. The minimum atomic E-state index is -1.02. The van der Waals surface area contributed by atoms with E-state index in [1.807, 2.05) is 37.3 Å². The van der Waals surface area contributed by atoms with Crippen LogP contribution < -0.4 is 9.64 Å². The van der Waals surface area contributed by atoms with Crippen LogP contribution in [0.25, 0.3) is 6.08 Å². The normalized spacial score (nSPS) is 18.5. The summed E-state index contributed by atoms with van der Waals surface area (Å²) in [5.74, 6) is -0.563. The second-order valence-corrected chi connectivity index (χ2v) is 11.4. The van der Waals surface area contributed by atoms with Crippen LogP contribution in [0.2, 0.25) is 0 Å². The third kappa shape index (κ3) is 6.50. The number of halogens is 2. The third-order valence-corrected chi connectivity index (χ3v) is 8.27. The van der Waals surface area contributed by atoms with E-state index in [0.717, 1.165) is 31.5 Å². The molecule has 1 N–H and O–H groups in total. The second kappa shape index (κ2) is 12.0. The maximum Gasteiger partial charge on any atom is 0.341 e. The molecular weight excluding hydrogens is 692 g/mol. The summed E-state index contributed by atoms with van der Waals surface area (Å²) >= 11 is 5.60. The Morgan fingerprint density at radius 1 is 1.14 bits per heavy atom. The molecule has 0 bridgehead atoms. The number of ether oxygens (including phenoxy) is 1. The van der Waals surface area contributed by atoms with Gasteiger partial charge in [-0.25, -0.2) is 9.79 Å². The molecule has 2 saturated heterocycles. The Morgan fingerprint density at radius 2 is 1.80 bits per heavy atom. The molecular formula is C25H25I2N3O4S. The van der Waals surface area contributed by atoms with Gasteiger partial charge in [-0.1, -0.05) is 0 Å². The number of amidine groups is 1. The summed E-state index contributed by atoms with van der Waals surface area (Å²) in [7, 11) is 0. The smallest absolute Gasteiger partial charge is 0.341 e. The second-order valence-electron chi connectivity index (χ2n) is 8.11. The molecule has 2 fully saturated rings. The van der Waals surface area contributed by atoms with Crippen molar-refractivity contribution in [2.45, 2.75) is 26.2 Å². The number of amides is 1. The minimum Gasteiger partial charge on any atom is -0.480 e. The maximum absolute atomic E-state index is 13.1. The Kier molecular flexibility index (Phi) is 8.97. The average molecular weight is 717 g/mol. The van der Waals surface area contributed by atoms with Crippen molar-refractivity contribution in [1.29, 1.82) is 0 Å². The van der Waals surface area contributed by atoms with Crippen LogP contribution in [0.4, 0.5) is 11.4 Å². The number of hydrogen-bond donors (Lipinski definition) is 1. The van der Waals surface area contributed by atoms with Crippen molar-refractivity contribution in [1.82, 2.24) is 4.90 Å². The highest BCUT2D eigenvalue weighted by molar-refractivity contribution is 14.1. The fourth-order valence-electron chi connectivity index (χ4n) is 3.96. The number of carbonyl (C=O) groups is 2. The van der Waals surface area contributed by atoms with Crippen LogP contribution in [0.1, 0.15) is 31.7 Å². The highest BCUT2D eigenvalue weighted by Gasteiger charge is 2.32. The Labute approximate surface area is 236 Å². The number of piperidine rings is 1. The molecule has 0 aromatic heterocycles. The van der Waals surface area contributed by atoms with Crippen molar-refractivity contribution in [3.05, 3.63) is 54.0 Å². The van der Waals surface area contributed by atoms with E-state index >= 15 is 0 Å². The van der Waals surface area contributed by atoms with E-state index in [1.54, 1.807) is 4.90 Å². The van der Waals surface area contributed by atoms with Gasteiger partial charge in [-0.15, -0.1) is 0 Å². The van der Waals surface area contributed by atoms with Crippen molar-refractivity contribution < 1.29 is 19.4 Å². The predicted octanol–water partition coefficient (Wildman–Crippen LogP) is 5.97. The number of thioether (sulfide) groups is 1. The van der Waals surface area contributed by atoms with Gasteiger partial charge in [-0.3, -0.25) is 9.69 Å². The molecule has 1 amide bonds. The van der Waals surface area contributed by atoms with E-state index in [1.165, 1.54) is 36.7 Å². The minimum absolute atomic E-state index is 0.0718. The van der Waals surface area contributed by atoms with Gasteiger partial charge in [0.2, 0.25) is 0 Å². The highest BCUT2D eigenvalue weighted by Crippen LogP contribution is 2.36. The van der Waals surface area contributed by atoms with Crippen molar-refractivity contribution in [3.8, 4) is 5.75 Å². The first kappa shape index (κ1) is 26.3. The SMILES string of the molecule is CCN1C(=O)/C(=C/c2cc(I)c(OCC(=O)O)c(I)c2)SC1=Nc1ccc(N2CCCCC2)cc1. The van der Waals surface area contributed by atoms with E-state index in [9.17, 15) is 9.59 Å². The largest absolute Gasteiger partial charge is 0.480 e. The van der Waals surface area contributed by atoms with Gasteiger partial charge >= 0.3 is 5.97 Å². The van der Waals surface area contributed by atoms with E-state index in [4.69, 9.17) is 14.8 Å². The Balaban J connectivity index is 1.54. The van der Waals surface area contributed by atoms with Crippen LogP contribution in [0.5, 0.6) is 5.75 Å².